The van der Waals surface area contributed by atoms with Crippen molar-refractivity contribution in [1.82, 2.24) is 0 Å². The van der Waals surface area contributed by atoms with Crippen molar-refractivity contribution in [2.24, 2.45) is 0 Å². The topological polar surface area (TPSA) is 126 Å². The summed E-state index contributed by atoms with van der Waals surface area (Å²) in [5, 5.41) is 5.48. The molecule has 5 aromatic carbocycles. The number of ketones is 4. The Bertz CT molecular complexity index is 1720. The van der Waals surface area contributed by atoms with Gasteiger partial charge in [-0.15, -0.1) is 0 Å². The highest BCUT2D eigenvalue weighted by Gasteiger charge is 2.20. The standard InChI is InChI=1S/C36H24N2O6/c39-31(23-7-3-1-4-8-23)33(41)25-11-15-27(16-12-25)35(43)37-29-19-21-30(22-20-29)38-36(44)28-17-13-26(14-18-28)34(42)32(40)24-9-5-2-6-10-24/h1-22H,(H,37,43)(H,38,44). The van der Waals surface area contributed by atoms with Gasteiger partial charge in [0.1, 0.15) is 0 Å². The SMILES string of the molecule is O=C(Nc1ccc(NC(=O)c2ccc(C(=O)C(=O)c3ccccc3)cc2)cc1)c1ccc(C(=O)C(=O)c2ccccc2)cc1. The molecule has 0 aliphatic rings. The number of Topliss-reactive ketones (excluding diaryl/α,β-unsaturated/α-hetero) is 4. The summed E-state index contributed by atoms with van der Waals surface area (Å²) in [6.07, 6.45) is 0. The molecular formula is C36H24N2O6. The van der Waals surface area contributed by atoms with Gasteiger partial charge in [0.2, 0.25) is 23.1 Å². The van der Waals surface area contributed by atoms with Crippen LogP contribution < -0.4 is 10.6 Å². The second-order valence-electron chi connectivity index (χ2n) is 9.69. The van der Waals surface area contributed by atoms with E-state index in [1.165, 1.54) is 48.5 Å². The first kappa shape index (κ1) is 29.2. The average Bonchev–Trinajstić information content (AvgIpc) is 3.08. The predicted molar refractivity (Wildman–Crippen MR) is 165 cm³/mol. The van der Waals surface area contributed by atoms with Gasteiger partial charge in [0.05, 0.1) is 0 Å². The summed E-state index contributed by atoms with van der Waals surface area (Å²) in [6, 6.07) is 34.5. The summed E-state index contributed by atoms with van der Waals surface area (Å²) in [7, 11) is 0. The smallest absolute Gasteiger partial charge is 0.255 e. The molecule has 214 valence electrons. The highest BCUT2D eigenvalue weighted by Crippen LogP contribution is 2.17. The zero-order valence-electron chi connectivity index (χ0n) is 23.2. The predicted octanol–water partition coefficient (Wildman–Crippen LogP) is 6.32. The Morgan fingerprint density at radius 2 is 0.545 bits per heavy atom. The van der Waals surface area contributed by atoms with E-state index in [1.54, 1.807) is 84.9 Å². The zero-order chi connectivity index (χ0) is 31.1. The number of hydrogen-bond acceptors (Lipinski definition) is 6. The Morgan fingerprint density at radius 3 is 0.841 bits per heavy atom. The van der Waals surface area contributed by atoms with Gasteiger partial charge in [0.25, 0.3) is 11.8 Å². The molecule has 8 nitrogen and oxygen atoms in total. The van der Waals surface area contributed by atoms with Crippen LogP contribution in [0.1, 0.15) is 62.1 Å². The second-order valence-corrected chi connectivity index (χ2v) is 9.69. The summed E-state index contributed by atoms with van der Waals surface area (Å²) in [5.74, 6) is -3.42. The lowest BCUT2D eigenvalue weighted by Crippen LogP contribution is -2.16. The number of hydrogen-bond donors (Lipinski definition) is 2. The fourth-order valence-corrected chi connectivity index (χ4v) is 4.29. The molecule has 0 unspecified atom stereocenters. The van der Waals surface area contributed by atoms with Crippen LogP contribution in [0.4, 0.5) is 11.4 Å². The van der Waals surface area contributed by atoms with Crippen molar-refractivity contribution in [3.63, 3.8) is 0 Å². The molecule has 0 saturated heterocycles. The van der Waals surface area contributed by atoms with Gasteiger partial charge in [0, 0.05) is 44.8 Å². The van der Waals surface area contributed by atoms with E-state index < -0.39 is 34.9 Å². The third kappa shape index (κ3) is 6.78. The van der Waals surface area contributed by atoms with Crippen molar-refractivity contribution in [2.45, 2.75) is 0 Å². The van der Waals surface area contributed by atoms with E-state index in [-0.39, 0.29) is 11.1 Å². The monoisotopic (exact) mass is 580 g/mol. The Kier molecular flexibility index (Phi) is 8.72. The van der Waals surface area contributed by atoms with Crippen LogP contribution in [0.15, 0.2) is 133 Å². The van der Waals surface area contributed by atoms with Crippen LogP contribution >= 0.6 is 0 Å². The molecule has 0 fully saturated rings. The van der Waals surface area contributed by atoms with Crippen molar-refractivity contribution in [2.75, 3.05) is 10.6 Å². The van der Waals surface area contributed by atoms with Crippen LogP contribution in [0.3, 0.4) is 0 Å². The van der Waals surface area contributed by atoms with E-state index in [0.717, 1.165) is 0 Å². The molecule has 44 heavy (non-hydrogen) atoms. The fourth-order valence-electron chi connectivity index (χ4n) is 4.29. The van der Waals surface area contributed by atoms with Crippen LogP contribution in [0.2, 0.25) is 0 Å². The Hall–Kier alpha value is -6.28. The van der Waals surface area contributed by atoms with E-state index in [9.17, 15) is 28.8 Å². The van der Waals surface area contributed by atoms with E-state index in [1.807, 2.05) is 0 Å². The van der Waals surface area contributed by atoms with Gasteiger partial charge in [-0.3, -0.25) is 28.8 Å². The van der Waals surface area contributed by atoms with Gasteiger partial charge in [-0.25, -0.2) is 0 Å². The maximum absolute atomic E-state index is 12.7. The minimum absolute atomic E-state index is 0.178. The minimum Gasteiger partial charge on any atom is -0.322 e. The summed E-state index contributed by atoms with van der Waals surface area (Å²) in [4.78, 5) is 75.3. The molecule has 0 radical (unpaired) electrons. The zero-order valence-corrected chi connectivity index (χ0v) is 23.2. The molecule has 0 saturated carbocycles. The third-order valence-corrected chi connectivity index (χ3v) is 6.70. The molecule has 0 bridgehead atoms. The first-order valence-electron chi connectivity index (χ1n) is 13.5. The fraction of sp³-hybridized carbons (Fsp3) is 0. The van der Waals surface area contributed by atoms with Gasteiger partial charge in [-0.2, -0.15) is 0 Å². The molecule has 0 aliphatic heterocycles. The molecule has 0 spiro atoms. The number of anilines is 2. The quantitative estimate of drug-likeness (QED) is 0.147. The van der Waals surface area contributed by atoms with Gasteiger partial charge in [-0.05, 0) is 48.5 Å². The highest BCUT2D eigenvalue weighted by atomic mass is 16.2. The van der Waals surface area contributed by atoms with Crippen molar-refractivity contribution in [3.8, 4) is 0 Å². The van der Waals surface area contributed by atoms with Crippen LogP contribution in [0.5, 0.6) is 0 Å². The Labute approximate surface area is 252 Å². The van der Waals surface area contributed by atoms with Gasteiger partial charge in [-0.1, -0.05) is 84.9 Å². The van der Waals surface area contributed by atoms with Crippen molar-refractivity contribution >= 4 is 46.3 Å². The average molecular weight is 581 g/mol. The molecule has 0 atom stereocenters. The van der Waals surface area contributed by atoms with Crippen molar-refractivity contribution in [3.05, 3.63) is 167 Å². The number of rotatable bonds is 10. The number of benzene rings is 5. The molecule has 0 aromatic heterocycles. The Morgan fingerprint density at radius 1 is 0.295 bits per heavy atom. The number of carbonyl (C=O) groups excluding carboxylic acids is 6. The lowest BCUT2D eigenvalue weighted by molar-refractivity contribution is 0.0817. The third-order valence-electron chi connectivity index (χ3n) is 6.70. The molecule has 0 heterocycles. The normalized spacial score (nSPS) is 10.4. The van der Waals surface area contributed by atoms with E-state index in [0.29, 0.717) is 33.6 Å². The van der Waals surface area contributed by atoms with Gasteiger partial charge in [0.15, 0.2) is 0 Å². The molecule has 5 rings (SSSR count). The van der Waals surface area contributed by atoms with Gasteiger partial charge >= 0.3 is 0 Å². The minimum atomic E-state index is -0.664. The molecule has 5 aromatic rings. The van der Waals surface area contributed by atoms with Crippen LogP contribution in [0, 0.1) is 0 Å². The molecule has 8 heteroatoms. The number of carbonyl (C=O) groups is 6. The highest BCUT2D eigenvalue weighted by molar-refractivity contribution is 6.49. The van der Waals surface area contributed by atoms with Crippen LogP contribution in [0.25, 0.3) is 0 Å². The van der Waals surface area contributed by atoms with Gasteiger partial charge < -0.3 is 10.6 Å². The lowest BCUT2D eigenvalue weighted by atomic mass is 10.0. The summed E-state index contributed by atoms with van der Waals surface area (Å²) >= 11 is 0. The van der Waals surface area contributed by atoms with Crippen molar-refractivity contribution < 1.29 is 28.8 Å². The summed E-state index contributed by atoms with van der Waals surface area (Å²) in [5.41, 5.74) is 2.46. The first-order chi connectivity index (χ1) is 21.3. The maximum atomic E-state index is 12.7. The Balaban J connectivity index is 1.15. The number of nitrogens with one attached hydrogen (secondary N) is 2. The van der Waals surface area contributed by atoms with E-state index in [2.05, 4.69) is 10.6 Å². The van der Waals surface area contributed by atoms with Crippen LogP contribution in [-0.4, -0.2) is 34.9 Å². The molecule has 0 aliphatic carbocycles. The maximum Gasteiger partial charge on any atom is 0.255 e. The number of amides is 2. The second kappa shape index (κ2) is 13.1. The van der Waals surface area contributed by atoms with Crippen molar-refractivity contribution in [1.29, 1.82) is 0 Å². The first-order valence-corrected chi connectivity index (χ1v) is 13.5. The van der Waals surface area contributed by atoms with Crippen LogP contribution in [-0.2, 0) is 0 Å². The lowest BCUT2D eigenvalue weighted by Gasteiger charge is -2.09. The summed E-state index contributed by atoms with van der Waals surface area (Å²) < 4.78 is 0. The summed E-state index contributed by atoms with van der Waals surface area (Å²) in [6.45, 7) is 0. The molecule has 2 amide bonds. The molecule has 2 N–H and O–H groups in total. The van der Waals surface area contributed by atoms with E-state index >= 15 is 0 Å². The molecular weight excluding hydrogens is 556 g/mol. The largest absolute Gasteiger partial charge is 0.322 e. The van der Waals surface area contributed by atoms with E-state index in [4.69, 9.17) is 0 Å².